The predicted octanol–water partition coefficient (Wildman–Crippen LogP) is 3.02. The highest BCUT2D eigenvalue weighted by Gasteiger charge is 2.43. The second-order valence-electron chi connectivity index (χ2n) is 6.57. The van der Waals surface area contributed by atoms with Gasteiger partial charge in [-0.25, -0.2) is 4.98 Å². The van der Waals surface area contributed by atoms with Crippen LogP contribution in [0.3, 0.4) is 0 Å². The van der Waals surface area contributed by atoms with Crippen LogP contribution in [-0.4, -0.2) is 54.7 Å². The molecule has 8 heteroatoms. The van der Waals surface area contributed by atoms with Crippen LogP contribution in [0, 0.1) is 0 Å². The molecule has 1 N–H and O–H groups in total. The number of carbonyl (C=O) groups is 1. The number of nitrogens with one attached hydrogen (secondary N) is 1. The van der Waals surface area contributed by atoms with Crippen molar-refractivity contribution in [2.24, 2.45) is 0 Å². The lowest BCUT2D eigenvalue weighted by atomic mass is 9.88. The number of nitrogens with zero attached hydrogens (tertiary/aromatic N) is 2. The number of halogens is 2. The van der Waals surface area contributed by atoms with Gasteiger partial charge in [0.1, 0.15) is 5.60 Å². The van der Waals surface area contributed by atoms with Crippen LogP contribution < -0.4 is 5.32 Å². The normalized spacial score (nSPS) is 22.6. The molecular formula is C17H29Cl2N3O2S. The van der Waals surface area contributed by atoms with Crippen LogP contribution in [0.4, 0.5) is 0 Å². The minimum Gasteiger partial charge on any atom is -0.368 e. The molecule has 1 unspecified atom stereocenters. The molecule has 2 aliphatic heterocycles. The van der Waals surface area contributed by atoms with Crippen molar-refractivity contribution in [1.82, 2.24) is 15.2 Å². The zero-order chi connectivity index (χ0) is 16.3. The highest BCUT2D eigenvalue weighted by atomic mass is 35.5. The van der Waals surface area contributed by atoms with E-state index in [-0.39, 0.29) is 30.7 Å². The molecule has 2 fully saturated rings. The monoisotopic (exact) mass is 409 g/mol. The van der Waals surface area contributed by atoms with Crippen LogP contribution in [0.1, 0.15) is 49.2 Å². The summed E-state index contributed by atoms with van der Waals surface area (Å²) in [5.41, 5.74) is 0.546. The number of amides is 1. The number of likely N-dealkylation sites (tertiary alicyclic amines) is 1. The lowest BCUT2D eigenvalue weighted by molar-refractivity contribution is -0.159. The van der Waals surface area contributed by atoms with E-state index >= 15 is 0 Å². The average molecular weight is 410 g/mol. The molecule has 1 atom stereocenters. The second-order valence-corrected chi connectivity index (χ2v) is 7.46. The van der Waals surface area contributed by atoms with Crippen molar-refractivity contribution >= 4 is 42.1 Å². The van der Waals surface area contributed by atoms with E-state index in [0.29, 0.717) is 5.92 Å². The lowest BCUT2D eigenvalue weighted by Gasteiger charge is -2.41. The third-order valence-electron chi connectivity index (χ3n) is 5.18. The third-order valence-corrected chi connectivity index (χ3v) is 6.24. The summed E-state index contributed by atoms with van der Waals surface area (Å²) in [6, 6.07) is 0. The first kappa shape index (κ1) is 22.6. The largest absolute Gasteiger partial charge is 0.368 e. The van der Waals surface area contributed by atoms with Gasteiger partial charge in [0.2, 0.25) is 0 Å². The van der Waals surface area contributed by atoms with E-state index in [4.69, 9.17) is 9.72 Å². The SMILES string of the molecule is CCc1csc(C2CCCN(C(=O)C3(OC)CCNCC3)C2)n1.Cl.Cl. The first-order chi connectivity index (χ1) is 11.2. The highest BCUT2D eigenvalue weighted by Crippen LogP contribution is 2.32. The van der Waals surface area contributed by atoms with E-state index < -0.39 is 5.60 Å². The Bertz CT molecular complexity index is 550. The first-order valence-electron chi connectivity index (χ1n) is 8.68. The van der Waals surface area contributed by atoms with E-state index in [1.807, 2.05) is 4.90 Å². The second kappa shape index (κ2) is 10.1. The van der Waals surface area contributed by atoms with E-state index in [9.17, 15) is 4.79 Å². The minimum absolute atomic E-state index is 0. The van der Waals surface area contributed by atoms with Crippen molar-refractivity contribution in [1.29, 1.82) is 0 Å². The fourth-order valence-corrected chi connectivity index (χ4v) is 4.69. The molecule has 0 radical (unpaired) electrons. The number of hydrogen-bond donors (Lipinski definition) is 1. The van der Waals surface area contributed by atoms with Crippen molar-refractivity contribution in [3.05, 3.63) is 16.1 Å². The molecule has 0 saturated carbocycles. The number of thiazole rings is 1. The van der Waals surface area contributed by atoms with Crippen LogP contribution >= 0.6 is 36.2 Å². The minimum atomic E-state index is -0.620. The standard InChI is InChI=1S/C17H27N3O2S.2ClH/c1-3-14-12-23-15(19-14)13-5-4-10-20(11-13)16(21)17(22-2)6-8-18-9-7-17;;/h12-13,18H,3-11H2,1-2H3;2*1H. The van der Waals surface area contributed by atoms with Gasteiger partial charge < -0.3 is 15.0 Å². The van der Waals surface area contributed by atoms with Crippen molar-refractivity contribution < 1.29 is 9.53 Å². The quantitative estimate of drug-likeness (QED) is 0.829. The first-order valence-corrected chi connectivity index (χ1v) is 9.56. The number of piperidine rings is 2. The van der Waals surface area contributed by atoms with Crippen LogP contribution in [0.2, 0.25) is 0 Å². The van der Waals surface area contributed by atoms with E-state index in [1.165, 1.54) is 10.7 Å². The molecule has 3 rings (SSSR count). The molecule has 2 aliphatic rings. The number of carbonyl (C=O) groups excluding carboxylic acids is 1. The molecule has 0 bridgehead atoms. The highest BCUT2D eigenvalue weighted by molar-refractivity contribution is 7.09. The van der Waals surface area contributed by atoms with Gasteiger partial charge in [0.15, 0.2) is 0 Å². The average Bonchev–Trinajstić information content (AvgIpc) is 3.11. The Hall–Kier alpha value is -0.400. The van der Waals surface area contributed by atoms with Gasteiger partial charge in [0, 0.05) is 31.5 Å². The van der Waals surface area contributed by atoms with Crippen molar-refractivity contribution in [3.63, 3.8) is 0 Å². The Morgan fingerprint density at radius 3 is 2.76 bits per heavy atom. The molecule has 1 amide bonds. The Morgan fingerprint density at radius 1 is 1.44 bits per heavy atom. The maximum atomic E-state index is 13.1. The van der Waals surface area contributed by atoms with Gasteiger partial charge >= 0.3 is 0 Å². The molecule has 25 heavy (non-hydrogen) atoms. The number of aryl methyl sites for hydroxylation is 1. The molecule has 1 aromatic rings. The number of ether oxygens (including phenoxy) is 1. The molecule has 2 saturated heterocycles. The van der Waals surface area contributed by atoms with Crippen LogP contribution in [0.25, 0.3) is 0 Å². The number of rotatable bonds is 4. The van der Waals surface area contributed by atoms with Crippen molar-refractivity contribution in [2.75, 3.05) is 33.3 Å². The fraction of sp³-hybridized carbons (Fsp3) is 0.765. The molecule has 0 aliphatic carbocycles. The molecular weight excluding hydrogens is 381 g/mol. The van der Waals surface area contributed by atoms with Crippen LogP contribution in [0.15, 0.2) is 5.38 Å². The molecule has 1 aromatic heterocycles. The maximum absolute atomic E-state index is 13.1. The van der Waals surface area contributed by atoms with Gasteiger partial charge in [-0.2, -0.15) is 0 Å². The fourth-order valence-electron chi connectivity index (χ4n) is 3.66. The van der Waals surface area contributed by atoms with E-state index in [2.05, 4.69) is 17.6 Å². The summed E-state index contributed by atoms with van der Waals surface area (Å²) in [4.78, 5) is 19.9. The summed E-state index contributed by atoms with van der Waals surface area (Å²) in [6.45, 7) is 5.47. The maximum Gasteiger partial charge on any atom is 0.254 e. The zero-order valence-electron chi connectivity index (χ0n) is 15.0. The van der Waals surface area contributed by atoms with Gasteiger partial charge in [-0.05, 0) is 45.2 Å². The van der Waals surface area contributed by atoms with Gasteiger partial charge in [-0.3, -0.25) is 4.79 Å². The lowest BCUT2D eigenvalue weighted by Crippen LogP contribution is -2.56. The van der Waals surface area contributed by atoms with E-state index in [1.54, 1.807) is 18.4 Å². The number of hydrogen-bond acceptors (Lipinski definition) is 5. The predicted molar refractivity (Wildman–Crippen MR) is 106 cm³/mol. The summed E-state index contributed by atoms with van der Waals surface area (Å²) in [5, 5.41) is 6.66. The summed E-state index contributed by atoms with van der Waals surface area (Å²) in [5.74, 6) is 0.562. The Balaban J connectivity index is 0.00000156. The Labute approximate surface area is 166 Å². The molecule has 5 nitrogen and oxygen atoms in total. The molecule has 3 heterocycles. The Kier molecular flexibility index (Phi) is 9.12. The van der Waals surface area contributed by atoms with Gasteiger partial charge in [-0.1, -0.05) is 6.92 Å². The van der Waals surface area contributed by atoms with Crippen molar-refractivity contribution in [2.45, 2.75) is 50.5 Å². The zero-order valence-corrected chi connectivity index (χ0v) is 17.4. The smallest absolute Gasteiger partial charge is 0.254 e. The molecule has 0 aromatic carbocycles. The summed E-state index contributed by atoms with van der Waals surface area (Å²) >= 11 is 1.74. The van der Waals surface area contributed by atoms with Gasteiger partial charge in [0.05, 0.1) is 10.7 Å². The topological polar surface area (TPSA) is 54.5 Å². The third kappa shape index (κ3) is 4.86. The molecule has 0 spiro atoms. The Morgan fingerprint density at radius 2 is 2.16 bits per heavy atom. The van der Waals surface area contributed by atoms with Gasteiger partial charge in [0.25, 0.3) is 5.91 Å². The summed E-state index contributed by atoms with van der Waals surface area (Å²) < 4.78 is 5.71. The summed E-state index contributed by atoms with van der Waals surface area (Å²) in [6.07, 6.45) is 4.69. The number of methoxy groups -OCH3 is 1. The summed E-state index contributed by atoms with van der Waals surface area (Å²) in [7, 11) is 1.68. The molecule has 144 valence electrons. The van der Waals surface area contributed by atoms with Gasteiger partial charge in [-0.15, -0.1) is 36.2 Å². The van der Waals surface area contributed by atoms with Crippen LogP contribution in [0.5, 0.6) is 0 Å². The van der Waals surface area contributed by atoms with E-state index in [0.717, 1.165) is 58.3 Å². The van der Waals surface area contributed by atoms with Crippen molar-refractivity contribution in [3.8, 4) is 0 Å². The van der Waals surface area contributed by atoms with Crippen LogP contribution in [-0.2, 0) is 16.0 Å². The number of aromatic nitrogens is 1.